The van der Waals surface area contributed by atoms with Crippen LogP contribution in [-0.4, -0.2) is 42.2 Å². The zero-order valence-electron chi connectivity index (χ0n) is 16.0. The normalized spacial score (nSPS) is 26.6. The summed E-state index contributed by atoms with van der Waals surface area (Å²) in [7, 11) is 3.58. The number of aliphatic hydroxyl groups excluding tert-OH is 1. The summed E-state index contributed by atoms with van der Waals surface area (Å²) in [6, 6.07) is 15.9. The monoisotopic (exact) mass is 365 g/mol. The molecule has 1 amide bonds. The maximum atomic E-state index is 13.1. The fraction of sp³-hybridized carbons (Fsp3) is 0.435. The molecule has 4 rings (SSSR count). The third kappa shape index (κ3) is 3.46. The van der Waals surface area contributed by atoms with E-state index in [2.05, 4.69) is 0 Å². The van der Waals surface area contributed by atoms with Crippen molar-refractivity contribution in [2.75, 3.05) is 14.2 Å². The lowest BCUT2D eigenvalue weighted by molar-refractivity contribution is 0.0722. The van der Waals surface area contributed by atoms with Crippen LogP contribution in [0.5, 0.6) is 5.75 Å². The molecule has 2 aromatic rings. The lowest BCUT2D eigenvalue weighted by Crippen LogP contribution is -2.36. The second-order valence-electron chi connectivity index (χ2n) is 7.97. The molecule has 0 spiro atoms. The molecule has 142 valence electrons. The summed E-state index contributed by atoms with van der Waals surface area (Å²) in [4.78, 5) is 15.0. The Bertz CT molecular complexity index is 820. The molecule has 2 unspecified atom stereocenters. The summed E-state index contributed by atoms with van der Waals surface area (Å²) in [5.74, 6) is 2.01. The molecule has 0 bridgehead atoms. The first-order valence-electron chi connectivity index (χ1n) is 9.75. The number of fused-ring (bicyclic) bond motifs is 1. The minimum absolute atomic E-state index is 0.0669. The van der Waals surface area contributed by atoms with Crippen LogP contribution in [0.15, 0.2) is 48.5 Å². The third-order valence-electron chi connectivity index (χ3n) is 6.36. The van der Waals surface area contributed by atoms with Crippen LogP contribution in [0.3, 0.4) is 0 Å². The van der Waals surface area contributed by atoms with Gasteiger partial charge in [-0.1, -0.05) is 30.3 Å². The van der Waals surface area contributed by atoms with Crippen LogP contribution in [0, 0.1) is 11.8 Å². The van der Waals surface area contributed by atoms with E-state index in [1.54, 1.807) is 7.11 Å². The van der Waals surface area contributed by atoms with E-state index < -0.39 is 0 Å². The fourth-order valence-corrected chi connectivity index (χ4v) is 4.94. The van der Waals surface area contributed by atoms with E-state index in [-0.39, 0.29) is 18.1 Å². The van der Waals surface area contributed by atoms with Gasteiger partial charge in [0.05, 0.1) is 13.2 Å². The zero-order chi connectivity index (χ0) is 19.0. The molecule has 0 aliphatic heterocycles. The summed E-state index contributed by atoms with van der Waals surface area (Å²) in [6.45, 7) is 0. The first kappa shape index (κ1) is 18.1. The van der Waals surface area contributed by atoms with Gasteiger partial charge < -0.3 is 14.7 Å². The minimum Gasteiger partial charge on any atom is -0.496 e. The Kier molecular flexibility index (Phi) is 4.92. The molecule has 2 aliphatic carbocycles. The maximum absolute atomic E-state index is 13.1. The van der Waals surface area contributed by atoms with E-state index in [9.17, 15) is 9.90 Å². The Morgan fingerprint density at radius 2 is 1.74 bits per heavy atom. The highest BCUT2D eigenvalue weighted by Crippen LogP contribution is 2.45. The first-order valence-corrected chi connectivity index (χ1v) is 9.75. The Labute approximate surface area is 160 Å². The highest BCUT2D eigenvalue weighted by Gasteiger charge is 2.43. The molecule has 4 nitrogen and oxygen atoms in total. The van der Waals surface area contributed by atoms with Crippen molar-refractivity contribution < 1.29 is 14.6 Å². The molecule has 0 heterocycles. The first-order chi connectivity index (χ1) is 13.1. The second-order valence-corrected chi connectivity index (χ2v) is 7.97. The van der Waals surface area contributed by atoms with Crippen LogP contribution < -0.4 is 4.74 Å². The van der Waals surface area contributed by atoms with Crippen molar-refractivity contribution in [3.63, 3.8) is 0 Å². The van der Waals surface area contributed by atoms with E-state index in [0.29, 0.717) is 17.4 Å². The Balaban J connectivity index is 1.53. The molecule has 2 saturated carbocycles. The number of nitrogens with zero attached hydrogens (tertiary/aromatic N) is 1. The van der Waals surface area contributed by atoms with E-state index in [1.807, 2.05) is 60.5 Å². The number of benzene rings is 2. The van der Waals surface area contributed by atoms with E-state index >= 15 is 0 Å². The SMILES string of the molecule is COc1ccccc1-c1cccc(C(=O)N(C)C2C[C@H]3CC(O)C[C@H]3C2)c1. The van der Waals surface area contributed by atoms with Gasteiger partial charge in [-0.25, -0.2) is 0 Å². The molecule has 0 radical (unpaired) electrons. The van der Waals surface area contributed by atoms with Crippen LogP contribution in [-0.2, 0) is 0 Å². The van der Waals surface area contributed by atoms with Crippen molar-refractivity contribution in [1.82, 2.24) is 4.90 Å². The standard InChI is InChI=1S/C23H27NO3/c1-24(19-11-17-13-20(25)14-18(17)12-19)23(26)16-7-5-6-15(10-16)21-8-3-4-9-22(21)27-2/h3-10,17-20,25H,11-14H2,1-2H3/t17-,18+,19?,20?. The number of para-hydroxylation sites is 1. The minimum atomic E-state index is -0.139. The van der Waals surface area contributed by atoms with Crippen molar-refractivity contribution >= 4 is 5.91 Å². The molecular weight excluding hydrogens is 338 g/mol. The zero-order valence-corrected chi connectivity index (χ0v) is 16.0. The summed E-state index contributed by atoms with van der Waals surface area (Å²) >= 11 is 0. The predicted octanol–water partition coefficient (Wildman–Crippen LogP) is 3.98. The van der Waals surface area contributed by atoms with Gasteiger partial charge in [0.25, 0.3) is 5.91 Å². The van der Waals surface area contributed by atoms with Gasteiger partial charge in [0.1, 0.15) is 5.75 Å². The van der Waals surface area contributed by atoms with Crippen molar-refractivity contribution in [2.45, 2.75) is 37.8 Å². The molecule has 0 aromatic heterocycles. The number of ether oxygens (including phenoxy) is 1. The summed E-state index contributed by atoms with van der Waals surface area (Å²) in [5, 5.41) is 9.84. The number of amides is 1. The predicted molar refractivity (Wildman–Crippen MR) is 106 cm³/mol. The van der Waals surface area contributed by atoms with E-state index in [1.165, 1.54) is 0 Å². The number of carbonyl (C=O) groups excluding carboxylic acids is 1. The molecule has 1 N–H and O–H groups in total. The van der Waals surface area contributed by atoms with Crippen molar-refractivity contribution in [3.05, 3.63) is 54.1 Å². The number of hydrogen-bond acceptors (Lipinski definition) is 3. The molecule has 27 heavy (non-hydrogen) atoms. The quantitative estimate of drug-likeness (QED) is 0.891. The smallest absolute Gasteiger partial charge is 0.253 e. The van der Waals surface area contributed by atoms with Gasteiger partial charge in [-0.15, -0.1) is 0 Å². The van der Waals surface area contributed by atoms with E-state index in [4.69, 9.17) is 4.74 Å². The molecule has 4 atom stereocenters. The summed E-state index contributed by atoms with van der Waals surface area (Å²) in [5.41, 5.74) is 2.68. The maximum Gasteiger partial charge on any atom is 0.253 e. The molecule has 4 heteroatoms. The summed E-state index contributed by atoms with van der Waals surface area (Å²) in [6.07, 6.45) is 3.67. The van der Waals surface area contributed by atoms with Crippen LogP contribution in [0.4, 0.5) is 0 Å². The lowest BCUT2D eigenvalue weighted by Gasteiger charge is -2.26. The molecular formula is C23H27NO3. The van der Waals surface area contributed by atoms with Crippen LogP contribution >= 0.6 is 0 Å². The molecule has 2 fully saturated rings. The van der Waals surface area contributed by atoms with Crippen molar-refractivity contribution in [1.29, 1.82) is 0 Å². The fourth-order valence-electron chi connectivity index (χ4n) is 4.94. The Hall–Kier alpha value is -2.33. The van der Waals surface area contributed by atoms with Crippen molar-refractivity contribution in [3.8, 4) is 16.9 Å². The highest BCUT2D eigenvalue weighted by atomic mass is 16.5. The van der Waals surface area contributed by atoms with Gasteiger partial charge in [-0.3, -0.25) is 4.79 Å². The Morgan fingerprint density at radius 1 is 1.04 bits per heavy atom. The number of rotatable bonds is 4. The molecule has 0 saturated heterocycles. The van der Waals surface area contributed by atoms with Crippen molar-refractivity contribution in [2.24, 2.45) is 11.8 Å². The van der Waals surface area contributed by atoms with Crippen LogP contribution in [0.2, 0.25) is 0 Å². The van der Waals surface area contributed by atoms with Gasteiger partial charge >= 0.3 is 0 Å². The van der Waals surface area contributed by atoms with Gasteiger partial charge in [-0.2, -0.15) is 0 Å². The number of hydrogen-bond donors (Lipinski definition) is 1. The number of methoxy groups -OCH3 is 1. The van der Waals surface area contributed by atoms with Gasteiger partial charge in [-0.05, 0) is 61.3 Å². The van der Waals surface area contributed by atoms with Gasteiger partial charge in [0.15, 0.2) is 0 Å². The highest BCUT2D eigenvalue weighted by molar-refractivity contribution is 5.95. The third-order valence-corrected chi connectivity index (χ3v) is 6.36. The summed E-state index contributed by atoms with van der Waals surface area (Å²) < 4.78 is 5.46. The van der Waals surface area contributed by atoms with Gasteiger partial charge in [0, 0.05) is 24.2 Å². The second kappa shape index (κ2) is 7.35. The average molecular weight is 365 g/mol. The average Bonchev–Trinajstić information content (AvgIpc) is 3.24. The molecule has 2 aliphatic rings. The van der Waals surface area contributed by atoms with Crippen LogP contribution in [0.25, 0.3) is 11.1 Å². The largest absolute Gasteiger partial charge is 0.496 e. The number of aliphatic hydroxyl groups is 1. The lowest BCUT2D eigenvalue weighted by atomic mass is 10.0. The Morgan fingerprint density at radius 3 is 2.44 bits per heavy atom. The van der Waals surface area contributed by atoms with Crippen LogP contribution in [0.1, 0.15) is 36.0 Å². The molecule has 2 aromatic carbocycles. The van der Waals surface area contributed by atoms with Gasteiger partial charge in [0.2, 0.25) is 0 Å². The topological polar surface area (TPSA) is 49.8 Å². The number of carbonyl (C=O) groups is 1. The van der Waals surface area contributed by atoms with E-state index in [0.717, 1.165) is 42.6 Å².